The summed E-state index contributed by atoms with van der Waals surface area (Å²) in [5, 5.41) is 0.429. The maximum absolute atomic E-state index is 14.0. The molecule has 0 spiro atoms. The van der Waals surface area contributed by atoms with Crippen LogP contribution in [-0.2, 0) is 24.1 Å². The summed E-state index contributed by atoms with van der Waals surface area (Å²) in [6.07, 6.45) is 0.909. The molecule has 3 rings (SSSR count). The minimum absolute atomic E-state index is 0.300. The van der Waals surface area contributed by atoms with Gasteiger partial charge in [-0.15, -0.1) is 0 Å². The number of hydrogen-bond donors (Lipinski definition) is 0. The quantitative estimate of drug-likeness (QED) is 0.706. The van der Waals surface area contributed by atoms with E-state index < -0.39 is 5.60 Å². The summed E-state index contributed by atoms with van der Waals surface area (Å²) in [5.41, 5.74) is 3.25. The van der Waals surface area contributed by atoms with Crippen LogP contribution in [0.25, 0.3) is 0 Å². The lowest BCUT2D eigenvalue weighted by molar-refractivity contribution is 0.0224. The first-order valence-corrected chi connectivity index (χ1v) is 9.12. The molecule has 0 aromatic heterocycles. The molecule has 1 aliphatic heterocycles. The average Bonchev–Trinajstić information content (AvgIpc) is 2.56. The fourth-order valence-corrected chi connectivity index (χ4v) is 3.34. The van der Waals surface area contributed by atoms with E-state index in [9.17, 15) is 9.18 Å². The van der Waals surface area contributed by atoms with Gasteiger partial charge in [0, 0.05) is 30.1 Å². The first-order chi connectivity index (χ1) is 12.2. The molecule has 0 unspecified atom stereocenters. The molecule has 1 amide bonds. The van der Waals surface area contributed by atoms with Crippen molar-refractivity contribution in [2.24, 2.45) is 0 Å². The Morgan fingerprint density at radius 2 is 2.00 bits per heavy atom. The Balaban J connectivity index is 1.78. The smallest absolute Gasteiger partial charge is 0.410 e. The van der Waals surface area contributed by atoms with Crippen molar-refractivity contribution in [3.63, 3.8) is 0 Å². The zero-order valence-corrected chi connectivity index (χ0v) is 16.1. The molecule has 2 aromatic rings. The average molecular weight is 376 g/mol. The van der Waals surface area contributed by atoms with Gasteiger partial charge in [0.25, 0.3) is 0 Å². The summed E-state index contributed by atoms with van der Waals surface area (Å²) >= 11 is 6.14. The topological polar surface area (TPSA) is 29.5 Å². The van der Waals surface area contributed by atoms with Crippen molar-refractivity contribution >= 4 is 17.7 Å². The lowest BCUT2D eigenvalue weighted by atomic mass is 9.95. The van der Waals surface area contributed by atoms with Crippen LogP contribution in [0.5, 0.6) is 0 Å². The van der Waals surface area contributed by atoms with Gasteiger partial charge in [0.15, 0.2) is 0 Å². The molecule has 0 saturated carbocycles. The van der Waals surface area contributed by atoms with E-state index in [1.54, 1.807) is 17.0 Å². The maximum atomic E-state index is 14.0. The molecule has 0 bridgehead atoms. The predicted molar refractivity (Wildman–Crippen MR) is 101 cm³/mol. The minimum Gasteiger partial charge on any atom is -0.444 e. The summed E-state index contributed by atoms with van der Waals surface area (Å²) in [6, 6.07) is 10.8. The highest BCUT2D eigenvalue weighted by molar-refractivity contribution is 6.31. The normalized spacial score (nSPS) is 14.1. The molecule has 0 atom stereocenters. The van der Waals surface area contributed by atoms with Crippen LogP contribution in [0.3, 0.4) is 0 Å². The van der Waals surface area contributed by atoms with Gasteiger partial charge in [-0.2, -0.15) is 0 Å². The summed E-state index contributed by atoms with van der Waals surface area (Å²) < 4.78 is 19.5. The lowest BCUT2D eigenvalue weighted by Gasteiger charge is -2.31. The number of benzene rings is 2. The summed E-state index contributed by atoms with van der Waals surface area (Å²) in [4.78, 5) is 14.0. The fourth-order valence-electron chi connectivity index (χ4n) is 3.11. The second-order valence-corrected chi connectivity index (χ2v) is 8.04. The molecule has 5 heteroatoms. The van der Waals surface area contributed by atoms with E-state index in [4.69, 9.17) is 16.3 Å². The van der Waals surface area contributed by atoms with E-state index in [1.807, 2.05) is 32.9 Å². The van der Waals surface area contributed by atoms with Gasteiger partial charge in [-0.1, -0.05) is 35.9 Å². The Morgan fingerprint density at radius 3 is 2.69 bits per heavy atom. The molecule has 0 radical (unpaired) electrons. The number of amides is 1. The van der Waals surface area contributed by atoms with Crippen molar-refractivity contribution in [2.45, 2.75) is 45.8 Å². The van der Waals surface area contributed by atoms with E-state index in [2.05, 4.69) is 6.07 Å². The number of carbonyl (C=O) groups is 1. The van der Waals surface area contributed by atoms with Crippen LogP contribution >= 0.6 is 11.6 Å². The van der Waals surface area contributed by atoms with Gasteiger partial charge in [-0.3, -0.25) is 0 Å². The van der Waals surface area contributed by atoms with Gasteiger partial charge >= 0.3 is 6.09 Å². The first-order valence-electron chi connectivity index (χ1n) is 8.74. The third-order valence-corrected chi connectivity index (χ3v) is 4.73. The van der Waals surface area contributed by atoms with Gasteiger partial charge in [-0.05, 0) is 56.0 Å². The van der Waals surface area contributed by atoms with Crippen LogP contribution in [0.4, 0.5) is 9.18 Å². The molecule has 0 N–H and O–H groups in total. The molecule has 0 aliphatic carbocycles. The van der Waals surface area contributed by atoms with E-state index >= 15 is 0 Å². The number of fused-ring (bicyclic) bond motifs is 1. The first kappa shape index (κ1) is 18.7. The monoisotopic (exact) mass is 375 g/mol. The number of rotatable bonds is 2. The van der Waals surface area contributed by atoms with Crippen LogP contribution < -0.4 is 0 Å². The molecule has 2 aromatic carbocycles. The standard InChI is InChI=1S/C21H23ClFNO2/c1-21(2,3)26-20(25)24-10-9-15-8-7-14(11-16(15)13-24)12-17-18(22)5-4-6-19(17)23/h4-8,11H,9-10,12-13H2,1-3H3. The van der Waals surface area contributed by atoms with Crippen LogP contribution in [0, 0.1) is 5.82 Å². The molecule has 1 heterocycles. The number of ether oxygens (including phenoxy) is 1. The van der Waals surface area contributed by atoms with E-state index in [0.717, 1.165) is 17.5 Å². The molecule has 1 aliphatic rings. The number of hydrogen-bond acceptors (Lipinski definition) is 2. The van der Waals surface area contributed by atoms with Crippen molar-refractivity contribution in [3.8, 4) is 0 Å². The highest BCUT2D eigenvalue weighted by atomic mass is 35.5. The Morgan fingerprint density at radius 1 is 1.23 bits per heavy atom. The Hall–Kier alpha value is -2.07. The summed E-state index contributed by atoms with van der Waals surface area (Å²) in [7, 11) is 0. The largest absolute Gasteiger partial charge is 0.444 e. The zero-order chi connectivity index (χ0) is 18.9. The van der Waals surface area contributed by atoms with Gasteiger partial charge in [0.1, 0.15) is 11.4 Å². The number of nitrogens with zero attached hydrogens (tertiary/aromatic N) is 1. The van der Waals surface area contributed by atoms with Gasteiger partial charge in [0.05, 0.1) is 0 Å². The molecule has 3 nitrogen and oxygen atoms in total. The van der Waals surface area contributed by atoms with E-state index in [1.165, 1.54) is 11.6 Å². The lowest BCUT2D eigenvalue weighted by Crippen LogP contribution is -2.39. The Kier molecular flexibility index (Phi) is 5.24. The summed E-state index contributed by atoms with van der Waals surface area (Å²) in [6.45, 7) is 6.72. The zero-order valence-electron chi connectivity index (χ0n) is 15.3. The van der Waals surface area contributed by atoms with Gasteiger partial charge in [-0.25, -0.2) is 9.18 Å². The second-order valence-electron chi connectivity index (χ2n) is 7.63. The van der Waals surface area contributed by atoms with Crippen LogP contribution in [-0.4, -0.2) is 23.1 Å². The fraction of sp³-hybridized carbons (Fsp3) is 0.381. The molecule has 26 heavy (non-hydrogen) atoms. The Labute approximate surface area is 158 Å². The second kappa shape index (κ2) is 7.28. The van der Waals surface area contributed by atoms with E-state index in [0.29, 0.717) is 30.1 Å². The van der Waals surface area contributed by atoms with Gasteiger partial charge in [0.2, 0.25) is 0 Å². The van der Waals surface area contributed by atoms with Crippen molar-refractivity contribution in [1.29, 1.82) is 0 Å². The molecule has 0 fully saturated rings. The number of halogens is 2. The van der Waals surface area contributed by atoms with Gasteiger partial charge < -0.3 is 9.64 Å². The molecular formula is C21H23ClFNO2. The maximum Gasteiger partial charge on any atom is 0.410 e. The van der Waals surface area contributed by atoms with Crippen molar-refractivity contribution < 1.29 is 13.9 Å². The summed E-state index contributed by atoms with van der Waals surface area (Å²) in [5.74, 6) is -0.300. The van der Waals surface area contributed by atoms with E-state index in [-0.39, 0.29) is 11.9 Å². The van der Waals surface area contributed by atoms with Crippen molar-refractivity contribution in [3.05, 3.63) is 69.5 Å². The predicted octanol–water partition coefficient (Wildman–Crippen LogP) is 5.36. The van der Waals surface area contributed by atoms with Crippen molar-refractivity contribution in [1.82, 2.24) is 4.90 Å². The highest BCUT2D eigenvalue weighted by Gasteiger charge is 2.25. The van der Waals surface area contributed by atoms with Crippen molar-refractivity contribution in [2.75, 3.05) is 6.54 Å². The molecule has 138 valence electrons. The Bertz CT molecular complexity index is 809. The van der Waals surface area contributed by atoms with Crippen LogP contribution in [0.1, 0.15) is 43.0 Å². The SMILES string of the molecule is CC(C)(C)OC(=O)N1CCc2ccc(Cc3c(F)cccc3Cl)cc2C1. The molecule has 0 saturated heterocycles. The minimum atomic E-state index is -0.513. The number of carbonyl (C=O) groups excluding carboxylic acids is 1. The highest BCUT2D eigenvalue weighted by Crippen LogP contribution is 2.26. The molecular weight excluding hydrogens is 353 g/mol. The van der Waals surface area contributed by atoms with Crippen LogP contribution in [0.15, 0.2) is 36.4 Å². The van der Waals surface area contributed by atoms with Crippen LogP contribution in [0.2, 0.25) is 5.02 Å². The third kappa shape index (κ3) is 4.36. The third-order valence-electron chi connectivity index (χ3n) is 4.38.